The second-order valence-corrected chi connectivity index (χ2v) is 8.65. The molecule has 1 aromatic rings. The Kier molecular flexibility index (Phi) is 6.98. The first-order valence-electron chi connectivity index (χ1n) is 7.02. The van der Waals surface area contributed by atoms with E-state index in [-0.39, 0.29) is 9.20 Å². The van der Waals surface area contributed by atoms with Crippen LogP contribution in [0.2, 0.25) is 0 Å². The number of halogens is 3. The molecule has 12 heteroatoms. The lowest BCUT2D eigenvalue weighted by atomic mass is 10.2. The maximum absolute atomic E-state index is 12.5. The highest BCUT2D eigenvalue weighted by atomic mass is 32.2. The minimum atomic E-state index is -5.63. The molecule has 1 rings (SSSR count). The third-order valence-electron chi connectivity index (χ3n) is 3.12. The van der Waals surface area contributed by atoms with Crippen molar-refractivity contribution in [3.63, 3.8) is 0 Å². The Bertz CT molecular complexity index is 775. The second kappa shape index (κ2) is 7.99. The Morgan fingerprint density at radius 3 is 2.12 bits per heavy atom. The molecule has 0 aromatic heterocycles. The summed E-state index contributed by atoms with van der Waals surface area (Å²) in [5.41, 5.74) is -4.72. The molecule has 0 spiro atoms. The molecule has 0 heterocycles. The SMILES string of the molecule is CCN(C[C@H](O)COS(=O)(=O)c1ccc(C)cc1)S(=O)(=O)C(F)(F)F. The van der Waals surface area contributed by atoms with Gasteiger partial charge in [0.1, 0.15) is 0 Å². The van der Waals surface area contributed by atoms with Crippen LogP contribution < -0.4 is 0 Å². The summed E-state index contributed by atoms with van der Waals surface area (Å²) in [7, 11) is -9.85. The van der Waals surface area contributed by atoms with E-state index in [2.05, 4.69) is 4.18 Å². The van der Waals surface area contributed by atoms with Crippen molar-refractivity contribution < 1.29 is 39.3 Å². The summed E-state index contributed by atoms with van der Waals surface area (Å²) in [5.74, 6) is 0. The molecule has 0 aliphatic carbocycles. The Morgan fingerprint density at radius 2 is 1.68 bits per heavy atom. The number of hydrogen-bond acceptors (Lipinski definition) is 6. The van der Waals surface area contributed by atoms with Crippen LogP contribution >= 0.6 is 0 Å². The molecule has 0 unspecified atom stereocenters. The van der Waals surface area contributed by atoms with Crippen molar-refractivity contribution in [2.24, 2.45) is 0 Å². The van der Waals surface area contributed by atoms with Gasteiger partial charge >= 0.3 is 15.5 Å². The van der Waals surface area contributed by atoms with Crippen molar-refractivity contribution in [1.29, 1.82) is 0 Å². The number of benzene rings is 1. The van der Waals surface area contributed by atoms with Crippen molar-refractivity contribution in [1.82, 2.24) is 4.31 Å². The van der Waals surface area contributed by atoms with Gasteiger partial charge in [0.15, 0.2) is 0 Å². The van der Waals surface area contributed by atoms with Gasteiger partial charge in [-0.3, -0.25) is 4.18 Å². The molecule has 1 atom stereocenters. The lowest BCUT2D eigenvalue weighted by molar-refractivity contribution is -0.0499. The molecule has 0 aliphatic rings. The third-order valence-corrected chi connectivity index (χ3v) is 6.09. The standard InChI is InChI=1S/C13H18F3NO6S2/c1-3-17(25(21,22)13(14,15)16)8-11(18)9-23-24(19,20)12-6-4-10(2)5-7-12/h4-7,11,18H,3,8-9H2,1-2H3/t11-/m0/s1. The number of aliphatic hydroxyl groups is 1. The number of sulfonamides is 1. The fourth-order valence-corrected chi connectivity index (χ4v) is 3.72. The summed E-state index contributed by atoms with van der Waals surface area (Å²) in [6.07, 6.45) is -1.77. The number of aliphatic hydroxyl groups excluding tert-OH is 1. The Labute approximate surface area is 144 Å². The molecular formula is C13H18F3NO6S2. The van der Waals surface area contributed by atoms with Crippen LogP contribution in [0.1, 0.15) is 12.5 Å². The van der Waals surface area contributed by atoms with Crippen molar-refractivity contribution in [2.45, 2.75) is 30.4 Å². The summed E-state index contributed by atoms with van der Waals surface area (Å²) in [5, 5.41) is 9.67. The summed E-state index contributed by atoms with van der Waals surface area (Å²) < 4.78 is 88.6. The molecule has 144 valence electrons. The highest BCUT2D eigenvalue weighted by Gasteiger charge is 2.49. The van der Waals surface area contributed by atoms with E-state index in [1.165, 1.54) is 24.3 Å². The fourth-order valence-electron chi connectivity index (χ4n) is 1.77. The molecule has 7 nitrogen and oxygen atoms in total. The van der Waals surface area contributed by atoms with Crippen LogP contribution in [0.4, 0.5) is 13.2 Å². The topological polar surface area (TPSA) is 101 Å². The first kappa shape index (κ1) is 21.8. The van der Waals surface area contributed by atoms with Crippen LogP contribution in [0.3, 0.4) is 0 Å². The van der Waals surface area contributed by atoms with Crippen molar-refractivity contribution in [3.05, 3.63) is 29.8 Å². The van der Waals surface area contributed by atoms with Crippen molar-refractivity contribution in [2.75, 3.05) is 19.7 Å². The van der Waals surface area contributed by atoms with Crippen LogP contribution in [0.5, 0.6) is 0 Å². The maximum Gasteiger partial charge on any atom is 0.511 e. The normalized spacial score (nSPS) is 14.7. The molecular weight excluding hydrogens is 387 g/mol. The first-order chi connectivity index (χ1) is 11.3. The maximum atomic E-state index is 12.5. The van der Waals surface area contributed by atoms with E-state index in [9.17, 15) is 35.1 Å². The van der Waals surface area contributed by atoms with Crippen molar-refractivity contribution in [3.8, 4) is 0 Å². The molecule has 0 bridgehead atoms. The number of rotatable bonds is 8. The third kappa shape index (κ3) is 5.64. The minimum absolute atomic E-state index is 0.000473. The minimum Gasteiger partial charge on any atom is -0.389 e. The van der Waals surface area contributed by atoms with Gasteiger partial charge < -0.3 is 5.11 Å². The Hall–Kier alpha value is -1.21. The van der Waals surface area contributed by atoms with Gasteiger partial charge in [-0.2, -0.15) is 25.9 Å². The lowest BCUT2D eigenvalue weighted by Crippen LogP contribution is -2.45. The number of hydrogen-bond donors (Lipinski definition) is 1. The molecule has 0 fully saturated rings. The van der Waals surface area contributed by atoms with E-state index in [0.717, 1.165) is 12.5 Å². The molecule has 0 saturated carbocycles. The molecule has 0 aliphatic heterocycles. The van der Waals surface area contributed by atoms with Gasteiger partial charge in [-0.1, -0.05) is 24.6 Å². The van der Waals surface area contributed by atoms with E-state index in [4.69, 9.17) is 0 Å². The predicted octanol–water partition coefficient (Wildman–Crippen LogP) is 1.23. The van der Waals surface area contributed by atoms with Crippen LogP contribution in [0.15, 0.2) is 29.2 Å². The van der Waals surface area contributed by atoms with Gasteiger partial charge in [0.2, 0.25) is 0 Å². The predicted molar refractivity (Wildman–Crippen MR) is 82.5 cm³/mol. The number of aryl methyl sites for hydroxylation is 1. The Morgan fingerprint density at radius 1 is 1.16 bits per heavy atom. The highest BCUT2D eigenvalue weighted by Crippen LogP contribution is 2.26. The second-order valence-electron chi connectivity index (χ2n) is 5.11. The van der Waals surface area contributed by atoms with Gasteiger partial charge in [0.05, 0.1) is 17.6 Å². The average Bonchev–Trinajstić information content (AvgIpc) is 2.49. The summed E-state index contributed by atoms with van der Waals surface area (Å²) in [6, 6.07) is 5.57. The monoisotopic (exact) mass is 405 g/mol. The lowest BCUT2D eigenvalue weighted by Gasteiger charge is -2.24. The van der Waals surface area contributed by atoms with Gasteiger partial charge in [-0.05, 0) is 19.1 Å². The van der Waals surface area contributed by atoms with Gasteiger partial charge in [0.25, 0.3) is 10.1 Å². The van der Waals surface area contributed by atoms with Crippen LogP contribution in [-0.4, -0.2) is 57.6 Å². The van der Waals surface area contributed by atoms with E-state index in [1.54, 1.807) is 6.92 Å². The van der Waals surface area contributed by atoms with Gasteiger partial charge in [0, 0.05) is 13.1 Å². The molecule has 0 radical (unpaired) electrons. The highest BCUT2D eigenvalue weighted by molar-refractivity contribution is 7.90. The summed E-state index contributed by atoms with van der Waals surface area (Å²) in [4.78, 5) is -0.194. The van der Waals surface area contributed by atoms with E-state index < -0.39 is 51.5 Å². The summed E-state index contributed by atoms with van der Waals surface area (Å²) in [6.45, 7) is 0.493. The summed E-state index contributed by atoms with van der Waals surface area (Å²) >= 11 is 0. The zero-order chi connectivity index (χ0) is 19.5. The first-order valence-corrected chi connectivity index (χ1v) is 9.86. The Balaban J connectivity index is 2.76. The molecule has 0 saturated heterocycles. The number of likely N-dealkylation sites (N-methyl/N-ethyl adjacent to an activating group) is 1. The van der Waals surface area contributed by atoms with E-state index in [1.807, 2.05) is 0 Å². The quantitative estimate of drug-likeness (QED) is 0.653. The molecule has 1 N–H and O–H groups in total. The smallest absolute Gasteiger partial charge is 0.389 e. The molecule has 1 aromatic carbocycles. The van der Waals surface area contributed by atoms with Crippen LogP contribution in [0.25, 0.3) is 0 Å². The number of nitrogens with zero attached hydrogens (tertiary/aromatic N) is 1. The largest absolute Gasteiger partial charge is 0.511 e. The van der Waals surface area contributed by atoms with E-state index >= 15 is 0 Å². The van der Waals surface area contributed by atoms with Crippen LogP contribution in [-0.2, 0) is 24.3 Å². The van der Waals surface area contributed by atoms with Gasteiger partial charge in [-0.15, -0.1) is 0 Å². The zero-order valence-corrected chi connectivity index (χ0v) is 15.0. The molecule has 0 amide bonds. The van der Waals surface area contributed by atoms with E-state index in [0.29, 0.717) is 0 Å². The zero-order valence-electron chi connectivity index (χ0n) is 13.4. The molecule has 25 heavy (non-hydrogen) atoms. The average molecular weight is 405 g/mol. The fraction of sp³-hybridized carbons (Fsp3) is 0.538. The number of alkyl halides is 3. The van der Waals surface area contributed by atoms with Crippen LogP contribution in [0, 0.1) is 6.92 Å². The van der Waals surface area contributed by atoms with Gasteiger partial charge in [-0.25, -0.2) is 8.42 Å². The van der Waals surface area contributed by atoms with Crippen molar-refractivity contribution >= 4 is 20.1 Å².